The van der Waals surface area contributed by atoms with Crippen molar-refractivity contribution in [1.82, 2.24) is 0 Å². The van der Waals surface area contributed by atoms with Crippen molar-refractivity contribution in [2.75, 3.05) is 11.2 Å². The third-order valence-electron chi connectivity index (χ3n) is 3.41. The minimum atomic E-state index is -0.0620. The van der Waals surface area contributed by atoms with E-state index in [1.54, 1.807) is 0 Å². The molecule has 0 aromatic heterocycles. The normalized spacial score (nSPS) is 15.1. The number of anilines is 1. The minimum Gasteiger partial charge on any atom is -0.321 e. The van der Waals surface area contributed by atoms with Crippen LogP contribution in [-0.4, -0.2) is 11.8 Å². The molecule has 0 atom stereocenters. The molecule has 4 heteroatoms. The molecule has 0 unspecified atom stereocenters. The van der Waals surface area contributed by atoms with Crippen molar-refractivity contribution in [3.63, 3.8) is 0 Å². The Labute approximate surface area is 136 Å². The Hall–Kier alpha value is -1.58. The molecule has 0 bridgehead atoms. The van der Waals surface area contributed by atoms with Gasteiger partial charge in [-0.2, -0.15) is 0 Å². The van der Waals surface area contributed by atoms with Gasteiger partial charge in [0.25, 0.3) is 5.91 Å². The summed E-state index contributed by atoms with van der Waals surface area (Å²) < 4.78 is 0.992. The van der Waals surface area contributed by atoms with Crippen molar-refractivity contribution < 1.29 is 4.79 Å². The number of hydrogen-bond acceptors (Lipinski definition) is 1. The van der Waals surface area contributed by atoms with E-state index in [-0.39, 0.29) is 5.91 Å². The highest BCUT2D eigenvalue weighted by Gasteiger charge is 2.24. The Morgan fingerprint density at radius 1 is 1.19 bits per heavy atom. The SMILES string of the molecule is O=C1Nc2ccc(CCCl)cc2C1=Cc1cccc(Br)c1. The maximum Gasteiger partial charge on any atom is 0.256 e. The van der Waals surface area contributed by atoms with Gasteiger partial charge in [0, 0.05) is 27.2 Å². The molecule has 0 radical (unpaired) electrons. The van der Waals surface area contributed by atoms with Crippen LogP contribution in [0.15, 0.2) is 46.9 Å². The number of hydrogen-bond donors (Lipinski definition) is 1. The van der Waals surface area contributed by atoms with Crippen LogP contribution in [0.5, 0.6) is 0 Å². The number of nitrogens with one attached hydrogen (secondary N) is 1. The predicted molar refractivity (Wildman–Crippen MR) is 91.5 cm³/mol. The largest absolute Gasteiger partial charge is 0.321 e. The minimum absolute atomic E-state index is 0.0620. The molecule has 1 heterocycles. The first-order chi connectivity index (χ1) is 10.2. The van der Waals surface area contributed by atoms with Gasteiger partial charge in [-0.1, -0.05) is 34.1 Å². The molecule has 1 aliphatic heterocycles. The third kappa shape index (κ3) is 3.04. The van der Waals surface area contributed by atoms with E-state index < -0.39 is 0 Å². The number of carbonyl (C=O) groups is 1. The van der Waals surface area contributed by atoms with Crippen LogP contribution in [0.4, 0.5) is 5.69 Å². The molecule has 1 amide bonds. The average molecular weight is 363 g/mol. The molecular weight excluding hydrogens is 350 g/mol. The Balaban J connectivity index is 2.05. The Bertz CT molecular complexity index is 739. The summed E-state index contributed by atoms with van der Waals surface area (Å²) in [4.78, 5) is 12.2. The molecule has 0 saturated carbocycles. The topological polar surface area (TPSA) is 29.1 Å². The first-order valence-electron chi connectivity index (χ1n) is 6.65. The second kappa shape index (κ2) is 6.04. The number of carbonyl (C=O) groups excluding carboxylic acids is 1. The smallest absolute Gasteiger partial charge is 0.256 e. The maximum absolute atomic E-state index is 12.2. The predicted octanol–water partition coefficient (Wildman–Crippen LogP) is 4.72. The van der Waals surface area contributed by atoms with Gasteiger partial charge in [0.15, 0.2) is 0 Å². The average Bonchev–Trinajstić information content (AvgIpc) is 2.76. The van der Waals surface area contributed by atoms with Crippen LogP contribution in [0.2, 0.25) is 0 Å². The number of amides is 1. The number of alkyl halides is 1. The molecule has 0 aliphatic carbocycles. The lowest BCUT2D eigenvalue weighted by Crippen LogP contribution is -2.03. The van der Waals surface area contributed by atoms with Crippen molar-refractivity contribution in [2.45, 2.75) is 6.42 Å². The van der Waals surface area contributed by atoms with Gasteiger partial charge in [0.1, 0.15) is 0 Å². The third-order valence-corrected chi connectivity index (χ3v) is 4.09. The molecule has 0 fully saturated rings. The number of aryl methyl sites for hydroxylation is 1. The van der Waals surface area contributed by atoms with Gasteiger partial charge in [0.05, 0.1) is 0 Å². The summed E-state index contributed by atoms with van der Waals surface area (Å²) in [6.45, 7) is 0. The zero-order chi connectivity index (χ0) is 14.8. The Morgan fingerprint density at radius 3 is 2.81 bits per heavy atom. The highest BCUT2D eigenvalue weighted by Crippen LogP contribution is 2.34. The zero-order valence-corrected chi connectivity index (χ0v) is 13.5. The van der Waals surface area contributed by atoms with Crippen LogP contribution >= 0.6 is 27.5 Å². The van der Waals surface area contributed by atoms with E-state index in [9.17, 15) is 4.79 Å². The van der Waals surface area contributed by atoms with Crippen molar-refractivity contribution in [3.8, 4) is 0 Å². The first kappa shape index (κ1) is 14.4. The van der Waals surface area contributed by atoms with Gasteiger partial charge in [-0.3, -0.25) is 4.79 Å². The highest BCUT2D eigenvalue weighted by molar-refractivity contribution is 9.10. The molecule has 0 spiro atoms. The molecule has 21 heavy (non-hydrogen) atoms. The van der Waals surface area contributed by atoms with Crippen molar-refractivity contribution in [1.29, 1.82) is 0 Å². The van der Waals surface area contributed by atoms with E-state index in [1.165, 1.54) is 0 Å². The number of benzene rings is 2. The van der Waals surface area contributed by atoms with Crippen molar-refractivity contribution in [2.24, 2.45) is 0 Å². The zero-order valence-electron chi connectivity index (χ0n) is 11.2. The van der Waals surface area contributed by atoms with Crippen LogP contribution in [-0.2, 0) is 11.2 Å². The molecule has 1 aliphatic rings. The van der Waals surface area contributed by atoms with Gasteiger partial charge in [0.2, 0.25) is 0 Å². The molecule has 2 nitrogen and oxygen atoms in total. The molecular formula is C17H13BrClNO. The van der Waals surface area contributed by atoms with E-state index >= 15 is 0 Å². The number of fused-ring (bicyclic) bond motifs is 1. The summed E-state index contributed by atoms with van der Waals surface area (Å²) in [6.07, 6.45) is 2.71. The number of halogens is 2. The van der Waals surface area contributed by atoms with E-state index in [0.717, 1.165) is 33.3 Å². The fraction of sp³-hybridized carbons (Fsp3) is 0.118. The summed E-state index contributed by atoms with van der Waals surface area (Å²) in [5.41, 5.74) is 4.63. The van der Waals surface area contributed by atoms with Crippen LogP contribution < -0.4 is 5.32 Å². The lowest BCUT2D eigenvalue weighted by Gasteiger charge is -2.03. The molecule has 106 valence electrons. The van der Waals surface area contributed by atoms with E-state index in [0.29, 0.717) is 11.5 Å². The highest BCUT2D eigenvalue weighted by atomic mass is 79.9. The van der Waals surface area contributed by atoms with Gasteiger partial charge in [-0.05, 0) is 47.9 Å². The van der Waals surface area contributed by atoms with Crippen LogP contribution in [0.3, 0.4) is 0 Å². The fourth-order valence-electron chi connectivity index (χ4n) is 2.41. The molecule has 0 saturated heterocycles. The summed E-state index contributed by atoms with van der Waals surface area (Å²) in [7, 11) is 0. The summed E-state index contributed by atoms with van der Waals surface area (Å²) in [5.74, 6) is 0.512. The summed E-state index contributed by atoms with van der Waals surface area (Å²) in [6, 6.07) is 13.9. The maximum atomic E-state index is 12.2. The Kier molecular flexibility index (Phi) is 4.13. The lowest BCUT2D eigenvalue weighted by atomic mass is 10.0. The summed E-state index contributed by atoms with van der Waals surface area (Å²) >= 11 is 9.24. The first-order valence-corrected chi connectivity index (χ1v) is 7.98. The van der Waals surface area contributed by atoms with Crippen LogP contribution in [0, 0.1) is 0 Å². The van der Waals surface area contributed by atoms with Crippen LogP contribution in [0.1, 0.15) is 16.7 Å². The van der Waals surface area contributed by atoms with E-state index in [1.807, 2.05) is 48.5 Å². The van der Waals surface area contributed by atoms with Gasteiger partial charge in [-0.15, -0.1) is 11.6 Å². The van der Waals surface area contributed by atoms with Gasteiger partial charge in [-0.25, -0.2) is 0 Å². The van der Waals surface area contributed by atoms with Gasteiger partial charge >= 0.3 is 0 Å². The van der Waals surface area contributed by atoms with Gasteiger partial charge < -0.3 is 5.32 Å². The van der Waals surface area contributed by atoms with Crippen LogP contribution in [0.25, 0.3) is 11.6 Å². The lowest BCUT2D eigenvalue weighted by molar-refractivity contribution is -0.110. The Morgan fingerprint density at radius 2 is 2.05 bits per heavy atom. The standard InChI is InChI=1S/C17H13BrClNO/c18-13-3-1-2-12(8-13)10-15-14-9-11(6-7-19)4-5-16(14)20-17(15)21/h1-5,8-10H,6-7H2,(H,20,21). The fourth-order valence-corrected chi connectivity index (χ4v) is 3.04. The van der Waals surface area contributed by atoms with Crippen molar-refractivity contribution >= 4 is 50.8 Å². The molecule has 1 N–H and O–H groups in total. The second-order valence-corrected chi connectivity index (χ2v) is 6.18. The van der Waals surface area contributed by atoms with Crippen molar-refractivity contribution in [3.05, 3.63) is 63.6 Å². The second-order valence-electron chi connectivity index (χ2n) is 4.89. The molecule has 2 aromatic rings. The van der Waals surface area contributed by atoms with E-state index in [4.69, 9.17) is 11.6 Å². The summed E-state index contributed by atoms with van der Waals surface area (Å²) in [5, 5.41) is 2.90. The van der Waals surface area contributed by atoms with E-state index in [2.05, 4.69) is 21.2 Å². The molecule has 2 aromatic carbocycles. The monoisotopic (exact) mass is 361 g/mol. The quantitative estimate of drug-likeness (QED) is 0.621. The molecule has 3 rings (SSSR count). The number of rotatable bonds is 3.